The van der Waals surface area contributed by atoms with Crippen molar-refractivity contribution in [3.05, 3.63) is 89.5 Å². The largest absolute Gasteiger partial charge is 0.568 e. The molecule has 2 radical (unpaired) electrons. The molecule has 3 nitrogen and oxygen atoms in total. The van der Waals surface area contributed by atoms with Crippen molar-refractivity contribution in [2.45, 2.75) is 37.6 Å². The molecule has 1 saturated carbocycles. The minimum Gasteiger partial charge on any atom is -0.568 e. The van der Waals surface area contributed by atoms with Crippen LogP contribution in [0.15, 0.2) is 66.7 Å². The SMILES string of the molecule is [B]Oc1ccc(N(Cc2cccc(O)c2F)CC2(c3cccc(F)c3)CCCC2)cc1. The van der Waals surface area contributed by atoms with Gasteiger partial charge < -0.3 is 14.7 Å². The second-order valence-corrected chi connectivity index (χ2v) is 8.22. The van der Waals surface area contributed by atoms with Crippen LogP contribution >= 0.6 is 0 Å². The number of anilines is 1. The minimum absolute atomic E-state index is 0.238. The molecule has 0 unspecified atom stereocenters. The van der Waals surface area contributed by atoms with Gasteiger partial charge in [-0.3, -0.25) is 0 Å². The maximum Gasteiger partial charge on any atom is 0.374 e. The Bertz CT molecular complexity index is 1040. The minimum atomic E-state index is -0.624. The van der Waals surface area contributed by atoms with E-state index in [1.54, 1.807) is 36.4 Å². The van der Waals surface area contributed by atoms with Gasteiger partial charge >= 0.3 is 8.05 Å². The molecule has 1 fully saturated rings. The van der Waals surface area contributed by atoms with E-state index in [-0.39, 0.29) is 23.5 Å². The highest BCUT2D eigenvalue weighted by molar-refractivity contribution is 5.99. The monoisotopic (exact) mass is 419 g/mol. The van der Waals surface area contributed by atoms with Gasteiger partial charge in [0, 0.05) is 29.8 Å². The fourth-order valence-corrected chi connectivity index (χ4v) is 4.64. The van der Waals surface area contributed by atoms with Crippen LogP contribution in [0, 0.1) is 11.6 Å². The Labute approximate surface area is 182 Å². The van der Waals surface area contributed by atoms with Gasteiger partial charge in [-0.2, -0.15) is 0 Å². The summed E-state index contributed by atoms with van der Waals surface area (Å²) in [6.45, 7) is 0.856. The topological polar surface area (TPSA) is 32.7 Å². The van der Waals surface area contributed by atoms with Gasteiger partial charge in [-0.25, -0.2) is 8.78 Å². The van der Waals surface area contributed by atoms with Crippen molar-refractivity contribution in [1.29, 1.82) is 0 Å². The van der Waals surface area contributed by atoms with Gasteiger partial charge in [0.25, 0.3) is 0 Å². The maximum atomic E-state index is 14.6. The molecule has 0 bridgehead atoms. The zero-order valence-corrected chi connectivity index (χ0v) is 17.2. The molecule has 0 saturated heterocycles. The van der Waals surface area contributed by atoms with Crippen molar-refractivity contribution >= 4 is 13.7 Å². The van der Waals surface area contributed by atoms with Crippen molar-refractivity contribution < 1.29 is 18.5 Å². The molecular weight excluding hydrogens is 395 g/mol. The van der Waals surface area contributed by atoms with Crippen LogP contribution in [-0.2, 0) is 12.0 Å². The summed E-state index contributed by atoms with van der Waals surface area (Å²) in [4.78, 5) is 2.08. The first kappa shape index (κ1) is 21.2. The fourth-order valence-electron chi connectivity index (χ4n) is 4.64. The van der Waals surface area contributed by atoms with Gasteiger partial charge in [-0.05, 0) is 60.9 Å². The van der Waals surface area contributed by atoms with E-state index in [1.807, 2.05) is 18.2 Å². The van der Waals surface area contributed by atoms with Crippen molar-refractivity contribution in [2.24, 2.45) is 0 Å². The van der Waals surface area contributed by atoms with Gasteiger partial charge in [-0.15, -0.1) is 0 Å². The third kappa shape index (κ3) is 4.53. The highest BCUT2D eigenvalue weighted by Crippen LogP contribution is 2.43. The number of phenolic OH excluding ortho intramolecular Hbond substituents is 1. The Balaban J connectivity index is 1.72. The summed E-state index contributed by atoms with van der Waals surface area (Å²) in [5.74, 6) is -0.725. The van der Waals surface area contributed by atoms with Crippen LogP contribution in [0.5, 0.6) is 11.5 Å². The molecule has 31 heavy (non-hydrogen) atoms. The number of nitrogens with zero attached hydrogens (tertiary/aromatic N) is 1. The van der Waals surface area contributed by atoms with Gasteiger partial charge in [0.1, 0.15) is 5.82 Å². The zero-order chi connectivity index (χ0) is 21.8. The average molecular weight is 419 g/mol. The van der Waals surface area contributed by atoms with Crippen molar-refractivity contribution in [3.63, 3.8) is 0 Å². The quantitative estimate of drug-likeness (QED) is 0.503. The van der Waals surface area contributed by atoms with Crippen molar-refractivity contribution in [2.75, 3.05) is 11.4 Å². The lowest BCUT2D eigenvalue weighted by Crippen LogP contribution is -2.39. The Morgan fingerprint density at radius 1 is 0.968 bits per heavy atom. The van der Waals surface area contributed by atoms with E-state index >= 15 is 0 Å². The third-order valence-corrected chi connectivity index (χ3v) is 6.25. The second-order valence-electron chi connectivity index (χ2n) is 8.22. The number of hydrogen-bond acceptors (Lipinski definition) is 3. The molecule has 158 valence electrons. The molecule has 0 atom stereocenters. The van der Waals surface area contributed by atoms with Crippen LogP contribution in [0.25, 0.3) is 0 Å². The summed E-state index contributed by atoms with van der Waals surface area (Å²) >= 11 is 0. The van der Waals surface area contributed by atoms with Gasteiger partial charge in [0.15, 0.2) is 11.6 Å². The van der Waals surface area contributed by atoms with E-state index in [9.17, 15) is 13.9 Å². The molecule has 1 aliphatic carbocycles. The van der Waals surface area contributed by atoms with Crippen molar-refractivity contribution in [1.82, 2.24) is 0 Å². The lowest BCUT2D eigenvalue weighted by atomic mass is 9.78. The van der Waals surface area contributed by atoms with E-state index in [1.165, 1.54) is 12.1 Å². The first-order chi connectivity index (χ1) is 15.0. The average Bonchev–Trinajstić information content (AvgIpc) is 3.26. The second kappa shape index (κ2) is 9.00. The van der Waals surface area contributed by atoms with Crippen LogP contribution in [0.3, 0.4) is 0 Å². The van der Waals surface area contributed by atoms with Crippen molar-refractivity contribution in [3.8, 4) is 11.5 Å². The molecule has 6 heteroatoms. The number of phenols is 1. The Kier molecular flexibility index (Phi) is 6.17. The maximum absolute atomic E-state index is 14.6. The summed E-state index contributed by atoms with van der Waals surface area (Å²) in [6.07, 6.45) is 3.98. The lowest BCUT2D eigenvalue weighted by Gasteiger charge is -2.37. The summed E-state index contributed by atoms with van der Waals surface area (Å²) < 4.78 is 33.5. The smallest absolute Gasteiger partial charge is 0.374 e. The zero-order valence-electron chi connectivity index (χ0n) is 17.2. The molecule has 3 aromatic rings. The van der Waals surface area contributed by atoms with Crippen LogP contribution < -0.4 is 9.55 Å². The molecule has 0 amide bonds. The van der Waals surface area contributed by atoms with Crippen LogP contribution in [0.4, 0.5) is 14.5 Å². The fraction of sp³-hybridized carbons (Fsp3) is 0.280. The Morgan fingerprint density at radius 3 is 2.35 bits per heavy atom. The first-order valence-corrected chi connectivity index (χ1v) is 10.4. The van der Waals surface area contributed by atoms with E-state index in [2.05, 4.69) is 4.90 Å². The van der Waals surface area contributed by atoms with E-state index < -0.39 is 5.82 Å². The molecule has 0 aliphatic heterocycles. The molecule has 1 N–H and O–H groups in total. The molecule has 3 aromatic carbocycles. The van der Waals surface area contributed by atoms with Crippen LogP contribution in [0.1, 0.15) is 36.8 Å². The van der Waals surface area contributed by atoms with E-state index in [0.717, 1.165) is 36.9 Å². The van der Waals surface area contributed by atoms with Gasteiger partial charge in [-0.1, -0.05) is 37.1 Å². The van der Waals surface area contributed by atoms with Gasteiger partial charge in [0.2, 0.25) is 0 Å². The number of hydrogen-bond donors (Lipinski definition) is 1. The Hall–Kier alpha value is -3.02. The predicted octanol–water partition coefficient (Wildman–Crippen LogP) is 5.65. The lowest BCUT2D eigenvalue weighted by molar-refractivity contribution is 0.418. The first-order valence-electron chi connectivity index (χ1n) is 10.4. The summed E-state index contributed by atoms with van der Waals surface area (Å²) in [6, 6.07) is 18.7. The summed E-state index contributed by atoms with van der Waals surface area (Å²) in [7, 11) is 5.25. The van der Waals surface area contributed by atoms with Crippen LogP contribution in [-0.4, -0.2) is 19.7 Å². The summed E-state index contributed by atoms with van der Waals surface area (Å²) in [5, 5.41) is 9.83. The summed E-state index contributed by atoms with van der Waals surface area (Å²) in [5.41, 5.74) is 1.99. The number of aromatic hydroxyl groups is 1. The third-order valence-electron chi connectivity index (χ3n) is 6.25. The molecule has 1 aliphatic rings. The highest BCUT2D eigenvalue weighted by Gasteiger charge is 2.38. The van der Waals surface area contributed by atoms with Crippen LogP contribution in [0.2, 0.25) is 0 Å². The van der Waals surface area contributed by atoms with Gasteiger partial charge in [0.05, 0.1) is 5.75 Å². The molecule has 0 heterocycles. The number of halogens is 2. The predicted molar refractivity (Wildman–Crippen MR) is 118 cm³/mol. The molecule has 4 rings (SSSR count). The Morgan fingerprint density at radius 2 is 1.68 bits per heavy atom. The molecule has 0 aromatic heterocycles. The molecular formula is C25H24BF2NO2. The number of rotatable bonds is 7. The standard InChI is InChI=1S/C25H24BF2NO2/c26-31-22-11-9-21(10-12-22)29(16-18-5-3-8-23(30)24(18)28)17-25(13-1-2-14-25)19-6-4-7-20(27)15-19/h3-12,15,30H,1-2,13-14,16-17H2. The normalized spacial score (nSPS) is 15.0. The number of benzene rings is 3. The van der Waals surface area contributed by atoms with E-state index in [0.29, 0.717) is 17.9 Å². The van der Waals surface area contributed by atoms with E-state index in [4.69, 9.17) is 12.7 Å². The highest BCUT2D eigenvalue weighted by atomic mass is 19.1. The molecule has 0 spiro atoms.